The van der Waals surface area contributed by atoms with E-state index in [9.17, 15) is 18.3 Å². The highest BCUT2D eigenvalue weighted by atomic mass is 32.1. The molecule has 6 heteroatoms. The van der Waals surface area contributed by atoms with Crippen LogP contribution in [0.5, 0.6) is 0 Å². The standard InChI is InChI=1S/C12H16F3NOS/c1-10(2)8(11(10,3)4)7(17)6-5-16-9(18-6)12(13,14)15/h5,7-8,17H,1-4H3. The maximum absolute atomic E-state index is 12.5. The first-order chi connectivity index (χ1) is 7.99. The first-order valence-electron chi connectivity index (χ1n) is 5.70. The molecule has 0 aliphatic heterocycles. The van der Waals surface area contributed by atoms with E-state index < -0.39 is 17.3 Å². The number of halogens is 3. The molecule has 1 fully saturated rings. The fourth-order valence-corrected chi connectivity index (χ4v) is 3.56. The molecule has 102 valence electrons. The smallest absolute Gasteiger partial charge is 0.387 e. The number of alkyl halides is 3. The first-order valence-corrected chi connectivity index (χ1v) is 6.52. The van der Waals surface area contributed by atoms with Crippen LogP contribution in [0.2, 0.25) is 0 Å². The average molecular weight is 279 g/mol. The van der Waals surface area contributed by atoms with Crippen molar-refractivity contribution >= 4 is 11.3 Å². The normalized spacial score (nSPS) is 24.0. The van der Waals surface area contributed by atoms with Crippen LogP contribution >= 0.6 is 11.3 Å². The number of aromatic nitrogens is 1. The Kier molecular flexibility index (Phi) is 2.83. The molecule has 0 radical (unpaired) electrons. The van der Waals surface area contributed by atoms with Gasteiger partial charge in [0, 0.05) is 12.1 Å². The number of hydrogen-bond acceptors (Lipinski definition) is 3. The third kappa shape index (κ3) is 1.86. The van der Waals surface area contributed by atoms with Gasteiger partial charge in [-0.2, -0.15) is 13.2 Å². The summed E-state index contributed by atoms with van der Waals surface area (Å²) in [6.07, 6.45) is -4.16. The third-order valence-electron chi connectivity index (χ3n) is 4.51. The lowest BCUT2D eigenvalue weighted by Gasteiger charge is -2.09. The minimum absolute atomic E-state index is 0.0356. The molecule has 1 unspecified atom stereocenters. The summed E-state index contributed by atoms with van der Waals surface area (Å²) >= 11 is 0.532. The summed E-state index contributed by atoms with van der Waals surface area (Å²) in [5.41, 5.74) is -0.149. The van der Waals surface area contributed by atoms with Gasteiger partial charge >= 0.3 is 6.18 Å². The fraction of sp³-hybridized carbons (Fsp3) is 0.750. The van der Waals surface area contributed by atoms with Gasteiger partial charge in [0.1, 0.15) is 0 Å². The Bertz CT molecular complexity index is 450. The monoisotopic (exact) mass is 279 g/mol. The number of hydrogen-bond donors (Lipinski definition) is 1. The van der Waals surface area contributed by atoms with E-state index in [4.69, 9.17) is 0 Å². The van der Waals surface area contributed by atoms with Crippen LogP contribution in [0.4, 0.5) is 13.2 Å². The highest BCUT2D eigenvalue weighted by Gasteiger charge is 2.67. The Morgan fingerprint density at radius 1 is 1.28 bits per heavy atom. The zero-order valence-electron chi connectivity index (χ0n) is 10.7. The van der Waals surface area contributed by atoms with Crippen molar-refractivity contribution in [3.63, 3.8) is 0 Å². The number of nitrogens with zero attached hydrogens (tertiary/aromatic N) is 1. The Morgan fingerprint density at radius 3 is 2.11 bits per heavy atom. The van der Waals surface area contributed by atoms with Crippen molar-refractivity contribution < 1.29 is 18.3 Å². The van der Waals surface area contributed by atoms with Gasteiger partial charge in [0.2, 0.25) is 0 Å². The van der Waals surface area contributed by atoms with Crippen molar-refractivity contribution in [2.24, 2.45) is 16.7 Å². The van der Waals surface area contributed by atoms with E-state index in [-0.39, 0.29) is 16.7 Å². The van der Waals surface area contributed by atoms with Crippen LogP contribution in [0.1, 0.15) is 43.7 Å². The predicted octanol–water partition coefficient (Wildman–Crippen LogP) is 3.88. The highest BCUT2D eigenvalue weighted by molar-refractivity contribution is 7.11. The van der Waals surface area contributed by atoms with Crippen LogP contribution < -0.4 is 0 Å². The van der Waals surface area contributed by atoms with Crippen molar-refractivity contribution in [3.8, 4) is 0 Å². The van der Waals surface area contributed by atoms with Crippen LogP contribution in [0.3, 0.4) is 0 Å². The molecule has 1 aliphatic rings. The van der Waals surface area contributed by atoms with Gasteiger partial charge in [-0.15, -0.1) is 11.3 Å². The lowest BCUT2D eigenvalue weighted by Crippen LogP contribution is -2.04. The second-order valence-electron chi connectivity index (χ2n) is 5.93. The molecule has 1 atom stereocenters. The molecular weight excluding hydrogens is 263 g/mol. The topological polar surface area (TPSA) is 33.1 Å². The van der Waals surface area contributed by atoms with Gasteiger partial charge in [-0.25, -0.2) is 4.98 Å². The molecule has 1 N–H and O–H groups in total. The zero-order chi connectivity index (χ0) is 13.9. The number of thiazole rings is 1. The van der Waals surface area contributed by atoms with Crippen LogP contribution in [0, 0.1) is 16.7 Å². The quantitative estimate of drug-likeness (QED) is 0.891. The van der Waals surface area contributed by atoms with E-state index in [1.54, 1.807) is 0 Å². The van der Waals surface area contributed by atoms with Crippen molar-refractivity contribution in [1.82, 2.24) is 4.98 Å². The first kappa shape index (κ1) is 13.8. The van der Waals surface area contributed by atoms with E-state index in [0.717, 1.165) is 6.20 Å². The Balaban J connectivity index is 2.22. The number of aliphatic hydroxyl groups excluding tert-OH is 1. The van der Waals surface area contributed by atoms with Crippen molar-refractivity contribution in [3.05, 3.63) is 16.1 Å². The SMILES string of the molecule is CC1(C)C(C(O)c2cnc(C(F)(F)F)s2)C1(C)C. The Hall–Kier alpha value is -0.620. The second kappa shape index (κ2) is 3.70. The lowest BCUT2D eigenvalue weighted by atomic mass is 10.0. The van der Waals surface area contributed by atoms with Gasteiger partial charge in [0.25, 0.3) is 0 Å². The molecule has 1 aliphatic carbocycles. The molecule has 0 bridgehead atoms. The van der Waals surface area contributed by atoms with Gasteiger partial charge < -0.3 is 5.11 Å². The summed E-state index contributed by atoms with van der Waals surface area (Å²) < 4.78 is 37.4. The number of aliphatic hydroxyl groups is 1. The lowest BCUT2D eigenvalue weighted by molar-refractivity contribution is -0.137. The van der Waals surface area contributed by atoms with Crippen LogP contribution in [-0.2, 0) is 6.18 Å². The summed E-state index contributed by atoms with van der Waals surface area (Å²) in [5.74, 6) is -0.0356. The second-order valence-corrected chi connectivity index (χ2v) is 6.99. The van der Waals surface area contributed by atoms with E-state index in [1.165, 1.54) is 0 Å². The molecule has 1 saturated carbocycles. The van der Waals surface area contributed by atoms with Crippen molar-refractivity contribution in [2.75, 3.05) is 0 Å². The number of rotatable bonds is 2. The summed E-state index contributed by atoms with van der Waals surface area (Å²) in [6.45, 7) is 8.08. The van der Waals surface area contributed by atoms with Crippen molar-refractivity contribution in [1.29, 1.82) is 0 Å². The van der Waals surface area contributed by atoms with E-state index >= 15 is 0 Å². The van der Waals surface area contributed by atoms with Crippen LogP contribution in [-0.4, -0.2) is 10.1 Å². The van der Waals surface area contributed by atoms with E-state index in [1.807, 2.05) is 27.7 Å². The zero-order valence-corrected chi connectivity index (χ0v) is 11.5. The molecule has 1 aromatic rings. The minimum Gasteiger partial charge on any atom is -0.387 e. The molecule has 1 aromatic heterocycles. The molecule has 18 heavy (non-hydrogen) atoms. The maximum atomic E-state index is 12.5. The van der Waals surface area contributed by atoms with Gasteiger partial charge in [0.05, 0.1) is 11.0 Å². The largest absolute Gasteiger partial charge is 0.443 e. The average Bonchev–Trinajstić information content (AvgIpc) is 2.57. The summed E-state index contributed by atoms with van der Waals surface area (Å²) in [7, 11) is 0. The minimum atomic E-state index is -4.43. The van der Waals surface area contributed by atoms with Crippen LogP contribution in [0.25, 0.3) is 0 Å². The summed E-state index contributed by atoms with van der Waals surface area (Å²) in [5, 5.41) is 9.32. The van der Waals surface area contributed by atoms with Gasteiger partial charge in [-0.3, -0.25) is 0 Å². The van der Waals surface area contributed by atoms with Gasteiger partial charge in [-0.1, -0.05) is 27.7 Å². The third-order valence-corrected chi connectivity index (χ3v) is 5.62. The molecule has 0 spiro atoms. The predicted molar refractivity (Wildman–Crippen MR) is 63.1 cm³/mol. The van der Waals surface area contributed by atoms with Crippen LogP contribution in [0.15, 0.2) is 6.20 Å². The fourth-order valence-electron chi connectivity index (χ4n) is 2.76. The molecule has 0 aromatic carbocycles. The molecule has 0 amide bonds. The molecule has 2 nitrogen and oxygen atoms in total. The highest BCUT2D eigenvalue weighted by Crippen LogP contribution is 2.72. The van der Waals surface area contributed by atoms with E-state index in [0.29, 0.717) is 16.2 Å². The van der Waals surface area contributed by atoms with E-state index in [2.05, 4.69) is 4.98 Å². The molecule has 2 rings (SSSR count). The van der Waals surface area contributed by atoms with Gasteiger partial charge in [0.15, 0.2) is 5.01 Å². The molecule has 0 saturated heterocycles. The summed E-state index contributed by atoms with van der Waals surface area (Å²) in [4.78, 5) is 3.64. The summed E-state index contributed by atoms with van der Waals surface area (Å²) in [6, 6.07) is 0. The Morgan fingerprint density at radius 2 is 1.78 bits per heavy atom. The molecule has 1 heterocycles. The molecular formula is C12H16F3NOS. The maximum Gasteiger partial charge on any atom is 0.443 e. The van der Waals surface area contributed by atoms with Gasteiger partial charge in [-0.05, 0) is 10.8 Å². The Labute approximate surface area is 108 Å². The van der Waals surface area contributed by atoms with Crippen molar-refractivity contribution in [2.45, 2.75) is 40.0 Å².